The fourth-order valence-corrected chi connectivity index (χ4v) is 3.17. The first kappa shape index (κ1) is 10.1. The Labute approximate surface area is 96.9 Å². The smallest absolute Gasteiger partial charge is 0.140 e. The van der Waals surface area contributed by atoms with E-state index in [4.69, 9.17) is 0 Å². The highest BCUT2D eigenvalue weighted by Crippen LogP contribution is 2.51. The summed E-state index contributed by atoms with van der Waals surface area (Å²) in [4.78, 5) is 11.8. The van der Waals surface area contributed by atoms with Gasteiger partial charge >= 0.3 is 0 Å². The van der Waals surface area contributed by atoms with E-state index in [2.05, 4.69) is 18.2 Å². The monoisotopic (exact) mass is 214 g/mol. The lowest BCUT2D eigenvalue weighted by Gasteiger charge is -2.23. The van der Waals surface area contributed by atoms with Crippen LogP contribution in [0.5, 0.6) is 0 Å². The van der Waals surface area contributed by atoms with Gasteiger partial charge in [-0.25, -0.2) is 0 Å². The van der Waals surface area contributed by atoms with Crippen LogP contribution >= 0.6 is 0 Å². The van der Waals surface area contributed by atoms with Crippen LogP contribution < -0.4 is 0 Å². The standard InChI is InChI=1S/C15H18O/c1-11(16)15(9-10-15)14-8-4-6-12-5-2-3-7-13(12)14/h4,6,8H,2-3,5,7,9-10H2,1H3. The van der Waals surface area contributed by atoms with Crippen molar-refractivity contribution < 1.29 is 4.79 Å². The number of ketones is 1. The van der Waals surface area contributed by atoms with E-state index in [0.29, 0.717) is 5.78 Å². The molecule has 0 saturated heterocycles. The number of carbonyl (C=O) groups is 1. The third kappa shape index (κ3) is 1.34. The molecule has 84 valence electrons. The summed E-state index contributed by atoms with van der Waals surface area (Å²) in [7, 11) is 0. The number of carbonyl (C=O) groups excluding carboxylic acids is 1. The minimum atomic E-state index is -0.0807. The molecular weight excluding hydrogens is 196 g/mol. The van der Waals surface area contributed by atoms with Gasteiger partial charge in [0.05, 0.1) is 5.41 Å². The first-order valence-electron chi connectivity index (χ1n) is 6.36. The number of aryl methyl sites for hydroxylation is 1. The number of rotatable bonds is 2. The van der Waals surface area contributed by atoms with Crippen LogP contribution in [0.4, 0.5) is 0 Å². The normalized spacial score (nSPS) is 21.3. The van der Waals surface area contributed by atoms with Crippen LogP contribution in [0.1, 0.15) is 49.3 Å². The molecule has 0 N–H and O–H groups in total. The molecule has 1 heteroatoms. The Hall–Kier alpha value is -1.11. The maximum Gasteiger partial charge on any atom is 0.140 e. The first-order chi connectivity index (χ1) is 7.74. The SMILES string of the molecule is CC(=O)C1(c2cccc3c2CCCC3)CC1. The van der Waals surface area contributed by atoms with Crippen molar-refractivity contribution in [1.29, 1.82) is 0 Å². The molecule has 1 saturated carbocycles. The average Bonchev–Trinajstić information content (AvgIpc) is 3.09. The van der Waals surface area contributed by atoms with Crippen LogP contribution in [-0.4, -0.2) is 5.78 Å². The van der Waals surface area contributed by atoms with Crippen LogP contribution in [0.3, 0.4) is 0 Å². The summed E-state index contributed by atoms with van der Waals surface area (Å²) >= 11 is 0. The van der Waals surface area contributed by atoms with Gasteiger partial charge in [0.1, 0.15) is 5.78 Å². The molecule has 0 spiro atoms. The van der Waals surface area contributed by atoms with E-state index in [9.17, 15) is 4.79 Å². The second-order valence-electron chi connectivity index (χ2n) is 5.29. The van der Waals surface area contributed by atoms with Crippen LogP contribution in [-0.2, 0) is 23.1 Å². The largest absolute Gasteiger partial charge is 0.299 e. The number of hydrogen-bond donors (Lipinski definition) is 0. The zero-order chi connectivity index (χ0) is 11.2. The van der Waals surface area contributed by atoms with E-state index in [1.807, 2.05) is 0 Å². The highest BCUT2D eigenvalue weighted by atomic mass is 16.1. The predicted octanol–water partition coefficient (Wildman–Crippen LogP) is 3.19. The maximum absolute atomic E-state index is 11.8. The second kappa shape index (κ2) is 3.44. The molecule has 0 heterocycles. The number of benzene rings is 1. The molecule has 0 radical (unpaired) electrons. The van der Waals surface area contributed by atoms with Crippen molar-refractivity contribution in [2.75, 3.05) is 0 Å². The summed E-state index contributed by atoms with van der Waals surface area (Å²) in [5.74, 6) is 0.367. The van der Waals surface area contributed by atoms with Gasteiger partial charge < -0.3 is 0 Å². The molecule has 1 aromatic carbocycles. The van der Waals surface area contributed by atoms with Gasteiger partial charge in [0.2, 0.25) is 0 Å². The quantitative estimate of drug-likeness (QED) is 0.739. The Kier molecular flexibility index (Phi) is 2.17. The van der Waals surface area contributed by atoms with Gasteiger partial charge in [0.15, 0.2) is 0 Å². The zero-order valence-electron chi connectivity index (χ0n) is 9.88. The third-order valence-electron chi connectivity index (χ3n) is 4.34. The molecule has 3 rings (SSSR count). The molecule has 0 aromatic heterocycles. The van der Waals surface area contributed by atoms with Crippen molar-refractivity contribution in [2.24, 2.45) is 0 Å². The second-order valence-corrected chi connectivity index (χ2v) is 5.29. The lowest BCUT2D eigenvalue weighted by atomic mass is 9.81. The number of hydrogen-bond acceptors (Lipinski definition) is 1. The highest BCUT2D eigenvalue weighted by molar-refractivity contribution is 5.91. The molecule has 0 bridgehead atoms. The molecule has 1 nitrogen and oxygen atoms in total. The summed E-state index contributed by atoms with van der Waals surface area (Å²) in [5, 5.41) is 0. The molecule has 2 aliphatic carbocycles. The molecule has 2 aliphatic rings. The van der Waals surface area contributed by atoms with Crippen molar-refractivity contribution in [1.82, 2.24) is 0 Å². The van der Waals surface area contributed by atoms with Gasteiger partial charge in [-0.1, -0.05) is 18.2 Å². The Morgan fingerprint density at radius 3 is 2.62 bits per heavy atom. The van der Waals surface area contributed by atoms with Gasteiger partial charge in [-0.05, 0) is 62.1 Å². The predicted molar refractivity (Wildman–Crippen MR) is 64.7 cm³/mol. The Morgan fingerprint density at radius 2 is 1.94 bits per heavy atom. The van der Waals surface area contributed by atoms with Crippen LogP contribution in [0.25, 0.3) is 0 Å². The van der Waals surface area contributed by atoms with Crippen molar-refractivity contribution >= 4 is 5.78 Å². The molecular formula is C15H18O. The van der Waals surface area contributed by atoms with E-state index in [1.54, 1.807) is 6.92 Å². The molecule has 0 amide bonds. The summed E-state index contributed by atoms with van der Waals surface area (Å²) in [6.07, 6.45) is 7.12. The van der Waals surface area contributed by atoms with E-state index < -0.39 is 0 Å². The summed E-state index contributed by atoms with van der Waals surface area (Å²) in [5.41, 5.74) is 4.28. The minimum absolute atomic E-state index is 0.0807. The molecule has 1 fully saturated rings. The maximum atomic E-state index is 11.8. The van der Waals surface area contributed by atoms with Crippen LogP contribution in [0, 0.1) is 0 Å². The topological polar surface area (TPSA) is 17.1 Å². The zero-order valence-corrected chi connectivity index (χ0v) is 9.88. The van der Waals surface area contributed by atoms with Crippen molar-refractivity contribution in [3.63, 3.8) is 0 Å². The molecule has 1 aromatic rings. The van der Waals surface area contributed by atoms with Crippen LogP contribution in [0.2, 0.25) is 0 Å². The van der Waals surface area contributed by atoms with Crippen molar-refractivity contribution in [2.45, 2.75) is 50.9 Å². The summed E-state index contributed by atoms with van der Waals surface area (Å²) in [6, 6.07) is 6.58. The van der Waals surface area contributed by atoms with Gasteiger partial charge in [-0.15, -0.1) is 0 Å². The van der Waals surface area contributed by atoms with Gasteiger partial charge in [-0.3, -0.25) is 4.79 Å². The van der Waals surface area contributed by atoms with Crippen LogP contribution in [0.15, 0.2) is 18.2 Å². The third-order valence-corrected chi connectivity index (χ3v) is 4.34. The van der Waals surface area contributed by atoms with Gasteiger partial charge in [0, 0.05) is 0 Å². The molecule has 16 heavy (non-hydrogen) atoms. The highest BCUT2D eigenvalue weighted by Gasteiger charge is 2.49. The molecule has 0 unspecified atom stereocenters. The van der Waals surface area contributed by atoms with Gasteiger partial charge in [0.25, 0.3) is 0 Å². The Morgan fingerprint density at radius 1 is 1.19 bits per heavy atom. The van der Waals surface area contributed by atoms with E-state index >= 15 is 0 Å². The summed E-state index contributed by atoms with van der Waals surface area (Å²) in [6.45, 7) is 1.76. The average molecular weight is 214 g/mol. The molecule has 0 atom stereocenters. The Balaban J connectivity index is 2.11. The fourth-order valence-electron chi connectivity index (χ4n) is 3.17. The van der Waals surface area contributed by atoms with Crippen molar-refractivity contribution in [3.8, 4) is 0 Å². The number of fused-ring (bicyclic) bond motifs is 1. The Bertz CT molecular complexity index is 441. The van der Waals surface area contributed by atoms with E-state index in [1.165, 1.54) is 42.4 Å². The van der Waals surface area contributed by atoms with Gasteiger partial charge in [-0.2, -0.15) is 0 Å². The lowest BCUT2D eigenvalue weighted by molar-refractivity contribution is -0.119. The van der Waals surface area contributed by atoms with E-state index in [0.717, 1.165) is 12.8 Å². The van der Waals surface area contributed by atoms with Crippen molar-refractivity contribution in [3.05, 3.63) is 34.9 Å². The first-order valence-corrected chi connectivity index (χ1v) is 6.36. The number of Topliss-reactive ketones (excluding diaryl/α,β-unsaturated/α-hetero) is 1. The fraction of sp³-hybridized carbons (Fsp3) is 0.533. The minimum Gasteiger partial charge on any atom is -0.299 e. The van der Waals surface area contributed by atoms with E-state index in [-0.39, 0.29) is 5.41 Å². The molecule has 0 aliphatic heterocycles. The summed E-state index contributed by atoms with van der Waals surface area (Å²) < 4.78 is 0. The lowest BCUT2D eigenvalue weighted by Crippen LogP contribution is -2.21.